The average molecular weight is 441 g/mol. The summed E-state index contributed by atoms with van der Waals surface area (Å²) in [5, 5.41) is 13.3. The summed E-state index contributed by atoms with van der Waals surface area (Å²) in [5.41, 5.74) is 1.84. The molecule has 31 heavy (non-hydrogen) atoms. The largest absolute Gasteiger partial charge is 0.507 e. The van der Waals surface area contributed by atoms with E-state index < -0.39 is 0 Å². The molecule has 0 saturated carbocycles. The Morgan fingerprint density at radius 1 is 1.13 bits per heavy atom. The Morgan fingerprint density at radius 3 is 2.71 bits per heavy atom. The van der Waals surface area contributed by atoms with Gasteiger partial charge in [-0.25, -0.2) is 4.98 Å². The van der Waals surface area contributed by atoms with Crippen LogP contribution in [0.25, 0.3) is 11.2 Å². The fourth-order valence-electron chi connectivity index (χ4n) is 4.61. The molecule has 0 bridgehead atoms. The van der Waals surface area contributed by atoms with Gasteiger partial charge in [0.25, 0.3) is 11.1 Å². The molecule has 2 aliphatic heterocycles. The van der Waals surface area contributed by atoms with Crippen LogP contribution in [0.5, 0.6) is 5.75 Å². The van der Waals surface area contributed by atoms with Crippen molar-refractivity contribution in [2.45, 2.75) is 42.9 Å². The maximum atomic E-state index is 12.5. The zero-order chi connectivity index (χ0) is 21.5. The molecule has 3 aromatic heterocycles. The summed E-state index contributed by atoms with van der Waals surface area (Å²) in [6, 6.07) is 5.14. The Morgan fingerprint density at radius 2 is 1.94 bits per heavy atom. The maximum absolute atomic E-state index is 12.5. The van der Waals surface area contributed by atoms with Gasteiger partial charge in [-0.05, 0) is 32.0 Å². The van der Waals surface area contributed by atoms with E-state index in [1.807, 2.05) is 0 Å². The molecule has 162 valence electrons. The third kappa shape index (κ3) is 3.86. The number of hydrogen-bond acceptors (Lipinski definition) is 8. The monoisotopic (exact) mass is 440 g/mol. The minimum atomic E-state index is -0.158. The fourth-order valence-corrected chi connectivity index (χ4v) is 4.73. The van der Waals surface area contributed by atoms with Crippen molar-refractivity contribution in [1.82, 2.24) is 29.3 Å². The highest BCUT2D eigenvalue weighted by Crippen LogP contribution is 2.24. The number of nitrogens with zero attached hydrogens (tertiary/aromatic N) is 5. The molecular formula is C21H24N6O3S. The van der Waals surface area contributed by atoms with Gasteiger partial charge >= 0.3 is 0 Å². The fraction of sp³-hybridized carbons (Fsp3) is 0.429. The van der Waals surface area contributed by atoms with Crippen LogP contribution in [0.2, 0.25) is 0 Å². The first-order chi connectivity index (χ1) is 15.0. The number of likely N-dealkylation sites (tertiary alicyclic amines) is 1. The van der Waals surface area contributed by atoms with Gasteiger partial charge in [0, 0.05) is 44.0 Å². The molecule has 1 fully saturated rings. The first kappa shape index (κ1) is 20.2. The standard InChI is InChI=1S/C21H24N6O3S/c28-17-7-14(23-9-18(17)31)8-22-13-3-5-25(6-4-13)11-15-12-26-19(29)2-1-16-21(26)27(15)20(30)10-24-16/h1-2,7,9-10,13,15,22,31H,3-6,8,11-12H2,(H,23,28)/t15-/m1/s1. The van der Waals surface area contributed by atoms with Crippen molar-refractivity contribution in [1.29, 1.82) is 0 Å². The molecule has 9 nitrogen and oxygen atoms in total. The van der Waals surface area contributed by atoms with Crippen molar-refractivity contribution in [3.63, 3.8) is 0 Å². The third-order valence-corrected chi connectivity index (χ3v) is 6.56. The number of pyridine rings is 2. The van der Waals surface area contributed by atoms with Crippen LogP contribution in [0.4, 0.5) is 0 Å². The molecule has 10 heteroatoms. The lowest BCUT2D eigenvalue weighted by Crippen LogP contribution is -2.44. The van der Waals surface area contributed by atoms with E-state index in [4.69, 9.17) is 0 Å². The molecule has 1 atom stereocenters. The van der Waals surface area contributed by atoms with Gasteiger partial charge in [0.05, 0.1) is 22.8 Å². The predicted molar refractivity (Wildman–Crippen MR) is 119 cm³/mol. The highest BCUT2D eigenvalue weighted by Gasteiger charge is 2.29. The van der Waals surface area contributed by atoms with Crippen molar-refractivity contribution in [2.75, 3.05) is 19.6 Å². The molecule has 3 aromatic rings. The Balaban J connectivity index is 1.21. The minimum Gasteiger partial charge on any atom is -0.507 e. The summed E-state index contributed by atoms with van der Waals surface area (Å²) in [6.45, 7) is 3.65. The van der Waals surface area contributed by atoms with Crippen molar-refractivity contribution in [2.24, 2.45) is 0 Å². The van der Waals surface area contributed by atoms with Crippen molar-refractivity contribution >= 4 is 23.8 Å². The van der Waals surface area contributed by atoms with E-state index in [0.29, 0.717) is 35.2 Å². The predicted octanol–water partition coefficient (Wildman–Crippen LogP) is 0.756. The molecule has 0 aliphatic carbocycles. The van der Waals surface area contributed by atoms with Gasteiger partial charge in [-0.15, -0.1) is 12.6 Å². The molecule has 2 N–H and O–H groups in total. The topological polar surface area (TPSA) is 105 Å². The lowest BCUT2D eigenvalue weighted by molar-refractivity contribution is 0.171. The first-order valence-electron chi connectivity index (χ1n) is 10.4. The second-order valence-corrected chi connectivity index (χ2v) is 8.71. The number of aromatic nitrogens is 4. The summed E-state index contributed by atoms with van der Waals surface area (Å²) in [4.78, 5) is 36.1. The zero-order valence-electron chi connectivity index (χ0n) is 16.9. The Labute approximate surface area is 183 Å². The van der Waals surface area contributed by atoms with Gasteiger partial charge in [0.2, 0.25) is 0 Å². The Kier molecular flexibility index (Phi) is 5.28. The van der Waals surface area contributed by atoms with Crippen LogP contribution in [-0.4, -0.2) is 54.8 Å². The van der Waals surface area contributed by atoms with Crippen LogP contribution in [0, 0.1) is 0 Å². The average Bonchev–Trinajstić information content (AvgIpc) is 3.15. The van der Waals surface area contributed by atoms with Crippen molar-refractivity contribution in [3.05, 3.63) is 57.0 Å². The number of piperidine rings is 1. The Bertz CT molecular complexity index is 1240. The molecule has 0 spiro atoms. The third-order valence-electron chi connectivity index (χ3n) is 6.22. The maximum Gasteiger partial charge on any atom is 0.270 e. The molecule has 0 radical (unpaired) electrons. The number of hydrogen-bond donors (Lipinski definition) is 3. The van der Waals surface area contributed by atoms with Gasteiger partial charge in [0.15, 0.2) is 0 Å². The molecule has 5 rings (SSSR count). The van der Waals surface area contributed by atoms with Gasteiger partial charge in [-0.2, -0.15) is 0 Å². The molecular weight excluding hydrogens is 416 g/mol. The van der Waals surface area contributed by atoms with E-state index in [9.17, 15) is 14.7 Å². The second-order valence-electron chi connectivity index (χ2n) is 8.23. The van der Waals surface area contributed by atoms with E-state index in [1.165, 1.54) is 12.3 Å². The van der Waals surface area contributed by atoms with Crippen LogP contribution in [0.3, 0.4) is 0 Å². The second kappa shape index (κ2) is 8.10. The van der Waals surface area contributed by atoms with Crippen LogP contribution in [0.15, 0.2) is 45.1 Å². The molecule has 1 saturated heterocycles. The number of thiol groups is 1. The van der Waals surface area contributed by atoms with Crippen LogP contribution in [-0.2, 0) is 13.1 Å². The highest BCUT2D eigenvalue weighted by molar-refractivity contribution is 7.80. The molecule has 0 aromatic carbocycles. The quantitative estimate of drug-likeness (QED) is 0.503. The van der Waals surface area contributed by atoms with E-state index in [0.717, 1.165) is 38.2 Å². The van der Waals surface area contributed by atoms with Crippen molar-refractivity contribution < 1.29 is 5.11 Å². The van der Waals surface area contributed by atoms with E-state index in [1.54, 1.807) is 27.5 Å². The van der Waals surface area contributed by atoms with Crippen molar-refractivity contribution in [3.8, 4) is 5.75 Å². The molecule has 5 heterocycles. The molecule has 0 amide bonds. The van der Waals surface area contributed by atoms with Gasteiger partial charge in [0.1, 0.15) is 16.9 Å². The van der Waals surface area contributed by atoms with E-state index in [-0.39, 0.29) is 22.9 Å². The molecule has 0 unspecified atom stereocenters. The van der Waals surface area contributed by atoms with E-state index >= 15 is 0 Å². The lowest BCUT2D eigenvalue weighted by atomic mass is 10.0. The normalized spacial score (nSPS) is 19.3. The van der Waals surface area contributed by atoms with Gasteiger partial charge in [-0.1, -0.05) is 0 Å². The van der Waals surface area contributed by atoms with Crippen LogP contribution < -0.4 is 16.4 Å². The Hall–Kier alpha value is -2.69. The number of nitrogens with one attached hydrogen (secondary N) is 1. The van der Waals surface area contributed by atoms with Gasteiger partial charge in [-0.3, -0.25) is 23.7 Å². The summed E-state index contributed by atoms with van der Waals surface area (Å²) in [6.07, 6.45) is 4.87. The zero-order valence-corrected chi connectivity index (χ0v) is 17.8. The van der Waals surface area contributed by atoms with E-state index in [2.05, 4.69) is 32.8 Å². The minimum absolute atomic E-state index is 0.0652. The summed E-state index contributed by atoms with van der Waals surface area (Å²) < 4.78 is 3.40. The van der Waals surface area contributed by atoms with Gasteiger partial charge < -0.3 is 15.3 Å². The number of aromatic hydroxyl groups is 1. The summed E-state index contributed by atoms with van der Waals surface area (Å²) in [5.74, 6) is 0.141. The molecule has 2 aliphatic rings. The smallest absolute Gasteiger partial charge is 0.270 e. The van der Waals surface area contributed by atoms with Crippen LogP contribution in [0.1, 0.15) is 24.6 Å². The van der Waals surface area contributed by atoms with Crippen LogP contribution >= 0.6 is 12.6 Å². The highest BCUT2D eigenvalue weighted by atomic mass is 32.1. The first-order valence-corrected chi connectivity index (χ1v) is 10.9. The summed E-state index contributed by atoms with van der Waals surface area (Å²) >= 11 is 4.13. The lowest BCUT2D eigenvalue weighted by Gasteiger charge is -2.34. The number of rotatable bonds is 5. The summed E-state index contributed by atoms with van der Waals surface area (Å²) in [7, 11) is 0. The SMILES string of the molecule is O=c1ccc2ncc(=O)n3c2n1C[C@H]3CN1CCC(NCc2cc(O)c(S)cn2)CC1.